The lowest BCUT2D eigenvalue weighted by Crippen LogP contribution is -2.22. The van der Waals surface area contributed by atoms with Crippen molar-refractivity contribution in [2.24, 2.45) is 0 Å². The second kappa shape index (κ2) is 5.77. The second-order valence-corrected chi connectivity index (χ2v) is 6.98. The Hall–Kier alpha value is -2.08. The zero-order valence-electron chi connectivity index (χ0n) is 12.4. The average Bonchev–Trinajstić information content (AvgIpc) is 3.04. The monoisotopic (exact) mass is 376 g/mol. The molecule has 120 valence electrons. The van der Waals surface area contributed by atoms with E-state index in [4.69, 9.17) is 27.9 Å². The molecular weight excluding hydrogens is 367 g/mol. The SMILES string of the molecule is COc1c(Cl)cc(/C=c2\sc3nc4ccccc4n3c2=O)cc1Cl. The van der Waals surface area contributed by atoms with E-state index in [1.54, 1.807) is 22.6 Å². The largest absolute Gasteiger partial charge is 0.494 e. The summed E-state index contributed by atoms with van der Waals surface area (Å²) in [6.45, 7) is 0. The van der Waals surface area contributed by atoms with E-state index in [1.807, 2.05) is 24.3 Å². The summed E-state index contributed by atoms with van der Waals surface area (Å²) < 4.78 is 7.33. The summed E-state index contributed by atoms with van der Waals surface area (Å²) in [6, 6.07) is 11.0. The Morgan fingerprint density at radius 3 is 2.62 bits per heavy atom. The number of methoxy groups -OCH3 is 1. The lowest BCUT2D eigenvalue weighted by Gasteiger charge is -2.06. The number of rotatable bonds is 2. The number of benzene rings is 2. The van der Waals surface area contributed by atoms with Gasteiger partial charge >= 0.3 is 0 Å². The van der Waals surface area contributed by atoms with Crippen LogP contribution < -0.4 is 14.8 Å². The number of nitrogens with zero attached hydrogens (tertiary/aromatic N) is 2. The molecule has 4 aromatic rings. The normalized spacial score (nSPS) is 12.4. The number of hydrogen-bond donors (Lipinski definition) is 0. The van der Waals surface area contributed by atoms with Crippen molar-refractivity contribution in [1.29, 1.82) is 0 Å². The van der Waals surface area contributed by atoms with Crippen LogP contribution in [-0.2, 0) is 0 Å². The average molecular weight is 377 g/mol. The first-order valence-corrected chi connectivity index (χ1v) is 8.60. The van der Waals surface area contributed by atoms with Gasteiger partial charge in [-0.25, -0.2) is 9.38 Å². The van der Waals surface area contributed by atoms with Gasteiger partial charge in [-0.1, -0.05) is 46.7 Å². The minimum Gasteiger partial charge on any atom is -0.494 e. The Balaban J connectivity index is 1.95. The maximum atomic E-state index is 12.7. The molecule has 0 saturated carbocycles. The Labute approximate surface area is 150 Å². The van der Waals surface area contributed by atoms with Gasteiger partial charge < -0.3 is 4.74 Å². The van der Waals surface area contributed by atoms with Crippen molar-refractivity contribution in [3.05, 3.63) is 66.9 Å². The number of fused-ring (bicyclic) bond motifs is 3. The quantitative estimate of drug-likeness (QED) is 0.534. The van der Waals surface area contributed by atoms with Gasteiger partial charge in [0.15, 0.2) is 10.7 Å². The third kappa shape index (κ3) is 2.36. The first kappa shape index (κ1) is 15.4. The number of ether oxygens (including phenoxy) is 1. The van der Waals surface area contributed by atoms with Gasteiger partial charge in [-0.15, -0.1) is 0 Å². The fourth-order valence-corrected chi connectivity index (χ4v) is 4.27. The number of hydrogen-bond acceptors (Lipinski definition) is 4. The van der Waals surface area contributed by atoms with Crippen LogP contribution in [-0.4, -0.2) is 16.5 Å². The van der Waals surface area contributed by atoms with Crippen LogP contribution in [0.3, 0.4) is 0 Å². The van der Waals surface area contributed by atoms with Gasteiger partial charge in [0.05, 0.1) is 32.7 Å². The van der Waals surface area contributed by atoms with E-state index < -0.39 is 0 Å². The van der Waals surface area contributed by atoms with Crippen LogP contribution in [0.5, 0.6) is 5.75 Å². The fourth-order valence-electron chi connectivity index (χ4n) is 2.62. The van der Waals surface area contributed by atoms with E-state index in [2.05, 4.69) is 4.98 Å². The molecule has 4 rings (SSSR count). The van der Waals surface area contributed by atoms with Crippen LogP contribution in [0, 0.1) is 0 Å². The van der Waals surface area contributed by atoms with E-state index in [1.165, 1.54) is 18.4 Å². The van der Waals surface area contributed by atoms with Crippen molar-refractivity contribution in [2.45, 2.75) is 0 Å². The predicted molar refractivity (Wildman–Crippen MR) is 98.6 cm³/mol. The number of aromatic nitrogens is 2. The standard InChI is InChI=1S/C17H10Cl2N2O2S/c1-23-15-10(18)6-9(7-11(15)19)8-14-16(22)21-13-5-3-2-4-12(13)20-17(21)24-14/h2-8H,1H3/b14-8-. The van der Waals surface area contributed by atoms with Crippen molar-refractivity contribution >= 4 is 56.6 Å². The van der Waals surface area contributed by atoms with Gasteiger partial charge in [0, 0.05) is 0 Å². The van der Waals surface area contributed by atoms with Crippen LogP contribution >= 0.6 is 34.5 Å². The van der Waals surface area contributed by atoms with Gasteiger partial charge in [0.1, 0.15) is 0 Å². The maximum Gasteiger partial charge on any atom is 0.274 e. The molecule has 0 aliphatic rings. The molecule has 24 heavy (non-hydrogen) atoms. The minimum atomic E-state index is -0.105. The highest BCUT2D eigenvalue weighted by Crippen LogP contribution is 2.34. The Morgan fingerprint density at radius 1 is 1.21 bits per heavy atom. The molecule has 0 unspecified atom stereocenters. The van der Waals surface area contributed by atoms with Crippen LogP contribution in [0.15, 0.2) is 41.2 Å². The minimum absolute atomic E-state index is 0.105. The smallest absolute Gasteiger partial charge is 0.274 e. The van der Waals surface area contributed by atoms with E-state index in [9.17, 15) is 4.79 Å². The molecule has 0 fully saturated rings. The highest BCUT2D eigenvalue weighted by Gasteiger charge is 2.11. The molecule has 0 radical (unpaired) electrons. The van der Waals surface area contributed by atoms with Crippen LogP contribution in [0.2, 0.25) is 10.0 Å². The number of halogens is 2. The van der Waals surface area contributed by atoms with Crippen LogP contribution in [0.1, 0.15) is 5.56 Å². The molecule has 0 spiro atoms. The molecule has 2 aromatic heterocycles. The Bertz CT molecular complexity index is 1170. The Kier molecular flexibility index (Phi) is 3.72. The van der Waals surface area contributed by atoms with Gasteiger partial charge in [0.2, 0.25) is 0 Å². The van der Waals surface area contributed by atoms with E-state index in [-0.39, 0.29) is 5.56 Å². The molecule has 0 atom stereocenters. The van der Waals surface area contributed by atoms with Crippen molar-refractivity contribution in [3.63, 3.8) is 0 Å². The summed E-state index contributed by atoms with van der Waals surface area (Å²) in [5, 5.41) is 0.797. The zero-order valence-corrected chi connectivity index (χ0v) is 14.7. The van der Waals surface area contributed by atoms with Gasteiger partial charge in [-0.2, -0.15) is 0 Å². The third-order valence-electron chi connectivity index (χ3n) is 3.67. The number of para-hydroxylation sites is 2. The summed E-state index contributed by atoms with van der Waals surface area (Å²) >= 11 is 13.6. The summed E-state index contributed by atoms with van der Waals surface area (Å²) in [6.07, 6.45) is 1.76. The first-order valence-electron chi connectivity index (χ1n) is 7.03. The fraction of sp³-hybridized carbons (Fsp3) is 0.0588. The molecule has 7 heteroatoms. The zero-order chi connectivity index (χ0) is 16.8. The lowest BCUT2D eigenvalue weighted by atomic mass is 10.2. The van der Waals surface area contributed by atoms with E-state index in [0.29, 0.717) is 25.3 Å². The molecule has 0 bridgehead atoms. The maximum absolute atomic E-state index is 12.7. The van der Waals surface area contributed by atoms with Gasteiger partial charge in [-0.05, 0) is 35.9 Å². The van der Waals surface area contributed by atoms with Crippen molar-refractivity contribution in [2.75, 3.05) is 7.11 Å². The molecule has 0 aliphatic heterocycles. The number of imidazole rings is 1. The number of thiazole rings is 1. The van der Waals surface area contributed by atoms with Crippen LogP contribution in [0.4, 0.5) is 0 Å². The van der Waals surface area contributed by atoms with E-state index >= 15 is 0 Å². The summed E-state index contributed by atoms with van der Waals surface area (Å²) in [5.41, 5.74) is 2.24. The summed E-state index contributed by atoms with van der Waals surface area (Å²) in [5.74, 6) is 0.421. The highest BCUT2D eigenvalue weighted by atomic mass is 35.5. The molecule has 0 saturated heterocycles. The molecule has 0 amide bonds. The molecule has 2 heterocycles. The molecule has 0 N–H and O–H groups in total. The predicted octanol–water partition coefficient (Wildman–Crippen LogP) is 3.77. The first-order chi connectivity index (χ1) is 11.6. The Morgan fingerprint density at radius 2 is 1.92 bits per heavy atom. The molecular formula is C17H10Cl2N2O2S. The topological polar surface area (TPSA) is 43.6 Å². The van der Waals surface area contributed by atoms with Gasteiger partial charge in [0.25, 0.3) is 5.56 Å². The van der Waals surface area contributed by atoms with Gasteiger partial charge in [-0.3, -0.25) is 4.79 Å². The van der Waals surface area contributed by atoms with Crippen molar-refractivity contribution < 1.29 is 4.74 Å². The van der Waals surface area contributed by atoms with Crippen LogP contribution in [0.25, 0.3) is 22.1 Å². The third-order valence-corrected chi connectivity index (χ3v) is 5.20. The van der Waals surface area contributed by atoms with Crippen molar-refractivity contribution in [3.8, 4) is 5.75 Å². The molecule has 2 aromatic carbocycles. The lowest BCUT2D eigenvalue weighted by molar-refractivity contribution is 0.415. The second-order valence-electron chi connectivity index (χ2n) is 5.15. The summed E-state index contributed by atoms with van der Waals surface area (Å²) in [7, 11) is 1.51. The summed E-state index contributed by atoms with van der Waals surface area (Å²) in [4.78, 5) is 17.9. The highest BCUT2D eigenvalue weighted by molar-refractivity contribution is 7.15. The van der Waals surface area contributed by atoms with Crippen molar-refractivity contribution in [1.82, 2.24) is 9.38 Å². The van der Waals surface area contributed by atoms with E-state index in [0.717, 1.165) is 16.6 Å². The molecule has 4 nitrogen and oxygen atoms in total. The molecule has 0 aliphatic carbocycles.